The molecule has 1 heterocycles. The summed E-state index contributed by atoms with van der Waals surface area (Å²) in [6.45, 7) is 3.23. The summed E-state index contributed by atoms with van der Waals surface area (Å²) >= 11 is 5.96. The maximum Gasteiger partial charge on any atom is 0.101 e. The number of rotatable bonds is 2. The molecule has 0 spiro atoms. The van der Waals surface area contributed by atoms with Crippen LogP contribution in [0.3, 0.4) is 0 Å². The minimum atomic E-state index is 0.356. The summed E-state index contributed by atoms with van der Waals surface area (Å²) in [6, 6.07) is 8.27. The van der Waals surface area contributed by atoms with E-state index in [-0.39, 0.29) is 0 Å². The number of hydrogen-bond donors (Lipinski definition) is 2. The molecule has 1 fully saturated rings. The Bertz CT molecular complexity index is 439. The molecule has 2 unspecified atom stereocenters. The van der Waals surface area contributed by atoms with Gasteiger partial charge in [0.05, 0.1) is 11.3 Å². The van der Waals surface area contributed by atoms with Crippen LogP contribution >= 0.6 is 11.6 Å². The van der Waals surface area contributed by atoms with Crippen LogP contribution in [0.25, 0.3) is 0 Å². The van der Waals surface area contributed by atoms with E-state index in [1.54, 1.807) is 12.1 Å². The summed E-state index contributed by atoms with van der Waals surface area (Å²) in [5.74, 6) is 0. The molecule has 1 aromatic rings. The average Bonchev–Trinajstić information content (AvgIpc) is 2.32. The monoisotopic (exact) mass is 249 g/mol. The normalized spacial score (nSPS) is 24.1. The van der Waals surface area contributed by atoms with Crippen molar-refractivity contribution in [3.05, 3.63) is 28.8 Å². The van der Waals surface area contributed by atoms with E-state index in [9.17, 15) is 0 Å². The Labute approximate surface area is 107 Å². The Kier molecular flexibility index (Phi) is 3.88. The van der Waals surface area contributed by atoms with Gasteiger partial charge in [-0.05, 0) is 44.5 Å². The summed E-state index contributed by atoms with van der Waals surface area (Å²) in [4.78, 5) is 0. The molecule has 1 aromatic carbocycles. The molecule has 4 heteroatoms. The number of nitriles is 1. The molecule has 0 aromatic heterocycles. The molecular weight excluding hydrogens is 234 g/mol. The third kappa shape index (κ3) is 2.91. The fourth-order valence-electron chi connectivity index (χ4n) is 2.17. The van der Waals surface area contributed by atoms with Crippen LogP contribution in [-0.2, 0) is 0 Å². The third-order valence-electron chi connectivity index (χ3n) is 3.20. The van der Waals surface area contributed by atoms with Gasteiger partial charge < -0.3 is 10.6 Å². The van der Waals surface area contributed by atoms with Crippen molar-refractivity contribution in [3.63, 3.8) is 0 Å². The lowest BCUT2D eigenvalue weighted by Crippen LogP contribution is -2.46. The Morgan fingerprint density at radius 1 is 1.53 bits per heavy atom. The highest BCUT2D eigenvalue weighted by molar-refractivity contribution is 6.30. The summed E-state index contributed by atoms with van der Waals surface area (Å²) in [5.41, 5.74) is 1.48. The van der Waals surface area contributed by atoms with Crippen molar-refractivity contribution in [2.24, 2.45) is 0 Å². The minimum absolute atomic E-state index is 0.356. The molecule has 90 valence electrons. The van der Waals surface area contributed by atoms with Crippen molar-refractivity contribution in [2.45, 2.75) is 31.8 Å². The minimum Gasteiger partial charge on any atom is -0.380 e. The van der Waals surface area contributed by atoms with E-state index < -0.39 is 0 Å². The first-order chi connectivity index (χ1) is 8.20. The average molecular weight is 250 g/mol. The summed E-state index contributed by atoms with van der Waals surface area (Å²) in [7, 11) is 0. The Balaban J connectivity index is 2.17. The van der Waals surface area contributed by atoms with E-state index in [1.165, 1.54) is 0 Å². The van der Waals surface area contributed by atoms with Crippen LogP contribution in [0.2, 0.25) is 5.02 Å². The van der Waals surface area contributed by atoms with Gasteiger partial charge in [-0.3, -0.25) is 0 Å². The van der Waals surface area contributed by atoms with Gasteiger partial charge in [-0.25, -0.2) is 0 Å². The summed E-state index contributed by atoms with van der Waals surface area (Å²) in [5, 5.41) is 16.6. The highest BCUT2D eigenvalue weighted by atomic mass is 35.5. The highest BCUT2D eigenvalue weighted by Crippen LogP contribution is 2.23. The summed E-state index contributed by atoms with van der Waals surface area (Å²) in [6.07, 6.45) is 2.27. The molecule has 0 radical (unpaired) electrons. The SMILES string of the molecule is CC1NCCCC1Nc1cc(Cl)ccc1C#N. The van der Waals surface area contributed by atoms with Crippen LogP contribution in [0.1, 0.15) is 25.3 Å². The molecule has 1 saturated heterocycles. The lowest BCUT2D eigenvalue weighted by Gasteiger charge is -2.31. The fourth-order valence-corrected chi connectivity index (χ4v) is 2.35. The van der Waals surface area contributed by atoms with Crippen molar-refractivity contribution in [1.82, 2.24) is 5.32 Å². The molecule has 0 aliphatic carbocycles. The van der Waals surface area contributed by atoms with Crippen LogP contribution in [-0.4, -0.2) is 18.6 Å². The first-order valence-electron chi connectivity index (χ1n) is 5.90. The fraction of sp³-hybridized carbons (Fsp3) is 0.462. The maximum absolute atomic E-state index is 9.06. The van der Waals surface area contributed by atoms with Gasteiger partial charge >= 0.3 is 0 Å². The van der Waals surface area contributed by atoms with Gasteiger partial charge in [0.2, 0.25) is 0 Å². The van der Waals surface area contributed by atoms with Gasteiger partial charge in [-0.15, -0.1) is 0 Å². The number of nitrogens with zero attached hydrogens (tertiary/aromatic N) is 1. The van der Waals surface area contributed by atoms with E-state index in [1.807, 2.05) is 6.07 Å². The molecule has 3 nitrogen and oxygen atoms in total. The first kappa shape index (κ1) is 12.2. The second kappa shape index (κ2) is 5.39. The smallest absolute Gasteiger partial charge is 0.101 e. The van der Waals surface area contributed by atoms with Gasteiger partial charge in [0.25, 0.3) is 0 Å². The van der Waals surface area contributed by atoms with Crippen LogP contribution < -0.4 is 10.6 Å². The Morgan fingerprint density at radius 3 is 3.06 bits per heavy atom. The largest absolute Gasteiger partial charge is 0.380 e. The number of hydrogen-bond acceptors (Lipinski definition) is 3. The van der Waals surface area contributed by atoms with Crippen LogP contribution in [0, 0.1) is 11.3 Å². The number of benzene rings is 1. The molecule has 17 heavy (non-hydrogen) atoms. The molecular formula is C13H16ClN3. The molecule has 0 bridgehead atoms. The van der Waals surface area contributed by atoms with Crippen molar-refractivity contribution in [1.29, 1.82) is 5.26 Å². The number of anilines is 1. The van der Waals surface area contributed by atoms with Crippen LogP contribution in [0.5, 0.6) is 0 Å². The summed E-state index contributed by atoms with van der Waals surface area (Å²) < 4.78 is 0. The molecule has 2 N–H and O–H groups in total. The zero-order valence-electron chi connectivity index (χ0n) is 9.83. The van der Waals surface area contributed by atoms with Gasteiger partial charge in [-0.1, -0.05) is 11.6 Å². The topological polar surface area (TPSA) is 47.8 Å². The third-order valence-corrected chi connectivity index (χ3v) is 3.44. The quantitative estimate of drug-likeness (QED) is 0.847. The predicted molar refractivity (Wildman–Crippen MR) is 70.3 cm³/mol. The lowest BCUT2D eigenvalue weighted by atomic mass is 9.99. The van der Waals surface area contributed by atoms with Gasteiger partial charge in [0.1, 0.15) is 6.07 Å². The highest BCUT2D eigenvalue weighted by Gasteiger charge is 2.21. The molecule has 1 aliphatic heterocycles. The second-order valence-electron chi connectivity index (χ2n) is 4.44. The Hall–Kier alpha value is -1.24. The maximum atomic E-state index is 9.06. The Morgan fingerprint density at radius 2 is 2.35 bits per heavy atom. The van der Waals surface area contributed by atoms with Crippen molar-refractivity contribution in [3.8, 4) is 6.07 Å². The number of nitrogens with one attached hydrogen (secondary N) is 2. The van der Waals surface area contributed by atoms with E-state index >= 15 is 0 Å². The standard InChI is InChI=1S/C13H16ClN3/c1-9-12(3-2-6-16-9)17-13-7-11(14)5-4-10(13)8-15/h4-5,7,9,12,16-17H,2-3,6H2,1H3. The molecule has 1 aliphatic rings. The van der Waals surface area contributed by atoms with Crippen molar-refractivity contribution in [2.75, 3.05) is 11.9 Å². The van der Waals surface area contributed by atoms with Gasteiger partial charge in [0, 0.05) is 17.1 Å². The van der Waals surface area contributed by atoms with Crippen molar-refractivity contribution >= 4 is 17.3 Å². The molecule has 2 atom stereocenters. The zero-order valence-corrected chi connectivity index (χ0v) is 10.6. The molecule has 2 rings (SSSR count). The van der Waals surface area contributed by atoms with E-state index in [4.69, 9.17) is 16.9 Å². The van der Waals surface area contributed by atoms with Crippen LogP contribution in [0.15, 0.2) is 18.2 Å². The number of piperidine rings is 1. The van der Waals surface area contributed by atoms with E-state index in [0.717, 1.165) is 25.1 Å². The van der Waals surface area contributed by atoms with Gasteiger partial charge in [0.15, 0.2) is 0 Å². The molecule has 0 saturated carbocycles. The lowest BCUT2D eigenvalue weighted by molar-refractivity contribution is 0.389. The zero-order chi connectivity index (χ0) is 12.3. The van der Waals surface area contributed by atoms with E-state index in [0.29, 0.717) is 22.7 Å². The second-order valence-corrected chi connectivity index (χ2v) is 4.87. The molecule has 0 amide bonds. The van der Waals surface area contributed by atoms with Crippen LogP contribution in [0.4, 0.5) is 5.69 Å². The number of halogens is 1. The van der Waals surface area contributed by atoms with Gasteiger partial charge in [-0.2, -0.15) is 5.26 Å². The van der Waals surface area contributed by atoms with E-state index in [2.05, 4.69) is 23.6 Å². The first-order valence-corrected chi connectivity index (χ1v) is 6.28. The van der Waals surface area contributed by atoms with Crippen molar-refractivity contribution < 1.29 is 0 Å². The predicted octanol–water partition coefficient (Wildman–Crippen LogP) is 2.76.